The molecule has 0 radical (unpaired) electrons. The van der Waals surface area contributed by atoms with E-state index >= 15 is 0 Å². The summed E-state index contributed by atoms with van der Waals surface area (Å²) < 4.78 is 16.0. The number of aliphatic hydroxyl groups is 1. The molecule has 0 heterocycles. The minimum atomic E-state index is -1.25. The van der Waals surface area contributed by atoms with E-state index in [1.807, 2.05) is 36.4 Å². The van der Waals surface area contributed by atoms with E-state index in [-0.39, 0.29) is 25.6 Å². The number of esters is 1. The molecule has 0 aliphatic heterocycles. The Kier molecular flexibility index (Phi) is 7.73. The summed E-state index contributed by atoms with van der Waals surface area (Å²) in [7, 11) is 0. The summed E-state index contributed by atoms with van der Waals surface area (Å²) in [5.74, 6) is -1.54. The van der Waals surface area contributed by atoms with Gasteiger partial charge in [-0.15, -0.1) is 0 Å². The number of amides is 2. The highest BCUT2D eigenvalue weighted by molar-refractivity contribution is 5.79. The standard InChI is InChI=1S/C28H34N2O7/c1-5-35-25(32)20-14-22(24(31)23(20)30-27(34)37-28(2,3)4)29-26(33)36-15-21-18-12-8-6-10-16(18)17-11-7-9-13-19(17)21/h6-13,20-24,31H,5,14-15H2,1-4H3,(H,29,33)(H,30,34)/t20-,22+,23-,24-/m0/s1. The molecule has 2 aromatic rings. The molecule has 2 aliphatic carbocycles. The van der Waals surface area contributed by atoms with Crippen LogP contribution >= 0.6 is 0 Å². The van der Waals surface area contributed by atoms with Gasteiger partial charge in [0.2, 0.25) is 0 Å². The highest BCUT2D eigenvalue weighted by Crippen LogP contribution is 2.44. The Morgan fingerprint density at radius 3 is 2.08 bits per heavy atom. The van der Waals surface area contributed by atoms with Crippen molar-refractivity contribution >= 4 is 18.2 Å². The van der Waals surface area contributed by atoms with Crippen molar-refractivity contribution in [1.29, 1.82) is 0 Å². The highest BCUT2D eigenvalue weighted by Gasteiger charge is 2.48. The molecule has 3 N–H and O–H groups in total. The molecule has 0 aromatic heterocycles. The Morgan fingerprint density at radius 2 is 1.51 bits per heavy atom. The number of carbonyl (C=O) groups excluding carboxylic acids is 3. The lowest BCUT2D eigenvalue weighted by Crippen LogP contribution is -2.51. The maximum Gasteiger partial charge on any atom is 0.407 e. The molecule has 2 amide bonds. The van der Waals surface area contributed by atoms with Crippen molar-refractivity contribution in [2.75, 3.05) is 13.2 Å². The molecular weight excluding hydrogens is 476 g/mol. The Bertz CT molecular complexity index is 1110. The van der Waals surface area contributed by atoms with Crippen LogP contribution in [-0.2, 0) is 19.0 Å². The Hall–Kier alpha value is -3.59. The van der Waals surface area contributed by atoms with E-state index < -0.39 is 47.9 Å². The summed E-state index contributed by atoms with van der Waals surface area (Å²) in [6, 6.07) is 14.2. The zero-order valence-electron chi connectivity index (χ0n) is 21.5. The molecule has 0 saturated heterocycles. The maximum atomic E-state index is 12.8. The lowest BCUT2D eigenvalue weighted by Gasteiger charge is -2.26. The van der Waals surface area contributed by atoms with Crippen LogP contribution in [0, 0.1) is 5.92 Å². The Labute approximate surface area is 216 Å². The van der Waals surface area contributed by atoms with Crippen LogP contribution in [0.1, 0.15) is 51.2 Å². The Morgan fingerprint density at radius 1 is 0.919 bits per heavy atom. The number of nitrogens with one attached hydrogen (secondary N) is 2. The van der Waals surface area contributed by atoms with Gasteiger partial charge in [0.05, 0.1) is 30.7 Å². The number of hydrogen-bond acceptors (Lipinski definition) is 7. The van der Waals surface area contributed by atoms with Gasteiger partial charge >= 0.3 is 18.2 Å². The van der Waals surface area contributed by atoms with Crippen molar-refractivity contribution in [1.82, 2.24) is 10.6 Å². The second-order valence-corrected chi connectivity index (χ2v) is 10.3. The van der Waals surface area contributed by atoms with Gasteiger partial charge in [-0.1, -0.05) is 48.5 Å². The van der Waals surface area contributed by atoms with Crippen molar-refractivity contribution in [2.24, 2.45) is 5.92 Å². The quantitative estimate of drug-likeness (QED) is 0.400. The smallest absolute Gasteiger partial charge is 0.407 e. The predicted molar refractivity (Wildman–Crippen MR) is 136 cm³/mol. The number of ether oxygens (including phenoxy) is 3. The van der Waals surface area contributed by atoms with Gasteiger partial charge in [0.25, 0.3) is 0 Å². The van der Waals surface area contributed by atoms with Crippen LogP contribution in [0.2, 0.25) is 0 Å². The maximum absolute atomic E-state index is 12.8. The lowest BCUT2D eigenvalue weighted by molar-refractivity contribution is -0.148. The zero-order chi connectivity index (χ0) is 26.7. The van der Waals surface area contributed by atoms with Gasteiger partial charge < -0.3 is 30.0 Å². The van der Waals surface area contributed by atoms with E-state index in [1.165, 1.54) is 0 Å². The second-order valence-electron chi connectivity index (χ2n) is 10.3. The summed E-state index contributed by atoms with van der Waals surface area (Å²) in [6.45, 7) is 7.07. The van der Waals surface area contributed by atoms with Gasteiger partial charge in [0.15, 0.2) is 0 Å². The molecule has 1 saturated carbocycles. The monoisotopic (exact) mass is 510 g/mol. The summed E-state index contributed by atoms with van der Waals surface area (Å²) in [5.41, 5.74) is 3.65. The predicted octanol–water partition coefficient (Wildman–Crippen LogP) is 3.73. The van der Waals surface area contributed by atoms with Crippen molar-refractivity contribution in [2.45, 2.75) is 63.8 Å². The van der Waals surface area contributed by atoms with Crippen LogP contribution in [-0.4, -0.2) is 60.3 Å². The molecular formula is C28H34N2O7. The first-order chi connectivity index (χ1) is 17.6. The fraction of sp³-hybridized carbons (Fsp3) is 0.464. The van der Waals surface area contributed by atoms with E-state index in [4.69, 9.17) is 14.2 Å². The Balaban J connectivity index is 1.41. The largest absolute Gasteiger partial charge is 0.466 e. The number of carbonyl (C=O) groups is 3. The molecule has 2 aromatic carbocycles. The van der Waals surface area contributed by atoms with Gasteiger partial charge in [-0.3, -0.25) is 4.79 Å². The number of alkyl carbamates (subject to hydrolysis) is 2. The van der Waals surface area contributed by atoms with Crippen molar-refractivity contribution in [3.63, 3.8) is 0 Å². The fourth-order valence-corrected chi connectivity index (χ4v) is 5.11. The molecule has 9 nitrogen and oxygen atoms in total. The molecule has 9 heteroatoms. The van der Waals surface area contributed by atoms with E-state index in [2.05, 4.69) is 22.8 Å². The molecule has 37 heavy (non-hydrogen) atoms. The first-order valence-corrected chi connectivity index (χ1v) is 12.5. The average Bonchev–Trinajstić information content (AvgIpc) is 3.32. The van der Waals surface area contributed by atoms with Crippen LogP contribution in [0.3, 0.4) is 0 Å². The van der Waals surface area contributed by atoms with Crippen molar-refractivity contribution in [3.8, 4) is 11.1 Å². The minimum absolute atomic E-state index is 0.0741. The highest BCUT2D eigenvalue weighted by atomic mass is 16.6. The van der Waals surface area contributed by atoms with Gasteiger partial charge in [-0.2, -0.15) is 0 Å². The van der Waals surface area contributed by atoms with Crippen LogP contribution in [0.5, 0.6) is 0 Å². The number of aliphatic hydroxyl groups excluding tert-OH is 1. The van der Waals surface area contributed by atoms with Crippen LogP contribution in [0.15, 0.2) is 48.5 Å². The number of hydrogen-bond donors (Lipinski definition) is 3. The topological polar surface area (TPSA) is 123 Å². The number of rotatable bonds is 6. The third kappa shape index (κ3) is 5.88. The van der Waals surface area contributed by atoms with Crippen LogP contribution in [0.4, 0.5) is 9.59 Å². The minimum Gasteiger partial charge on any atom is -0.466 e. The van der Waals surface area contributed by atoms with Gasteiger partial charge in [-0.05, 0) is 56.4 Å². The van der Waals surface area contributed by atoms with Gasteiger partial charge in [-0.25, -0.2) is 9.59 Å². The van der Waals surface area contributed by atoms with Gasteiger partial charge in [0.1, 0.15) is 12.2 Å². The fourth-order valence-electron chi connectivity index (χ4n) is 5.11. The molecule has 0 bridgehead atoms. The van der Waals surface area contributed by atoms with E-state index in [0.29, 0.717) is 0 Å². The van der Waals surface area contributed by atoms with E-state index in [0.717, 1.165) is 22.3 Å². The number of fused-ring (bicyclic) bond motifs is 3. The van der Waals surface area contributed by atoms with E-state index in [9.17, 15) is 19.5 Å². The first-order valence-electron chi connectivity index (χ1n) is 12.5. The molecule has 198 valence electrons. The molecule has 4 atom stereocenters. The normalized spacial score (nSPS) is 22.5. The van der Waals surface area contributed by atoms with Crippen LogP contribution < -0.4 is 10.6 Å². The summed E-state index contributed by atoms with van der Waals surface area (Å²) in [4.78, 5) is 37.7. The average molecular weight is 511 g/mol. The summed E-state index contributed by atoms with van der Waals surface area (Å²) in [6.07, 6.45) is -2.66. The lowest BCUT2D eigenvalue weighted by atomic mass is 9.98. The molecule has 2 aliphatic rings. The first kappa shape index (κ1) is 26.5. The number of benzene rings is 2. The molecule has 0 spiro atoms. The second kappa shape index (κ2) is 10.8. The molecule has 1 fully saturated rings. The third-order valence-electron chi connectivity index (χ3n) is 6.64. The summed E-state index contributed by atoms with van der Waals surface area (Å²) >= 11 is 0. The zero-order valence-corrected chi connectivity index (χ0v) is 21.5. The molecule has 0 unspecified atom stereocenters. The third-order valence-corrected chi connectivity index (χ3v) is 6.64. The molecule has 4 rings (SSSR count). The van der Waals surface area contributed by atoms with Gasteiger partial charge in [0, 0.05) is 5.92 Å². The summed E-state index contributed by atoms with van der Waals surface area (Å²) in [5, 5.41) is 16.2. The van der Waals surface area contributed by atoms with E-state index in [1.54, 1.807) is 27.7 Å². The SMILES string of the molecule is CCOC(=O)[C@H]1C[C@@H](NC(=O)OCC2c3ccccc3-c3ccccc32)[C@H](O)[C@H]1NC(=O)OC(C)(C)C. The van der Waals surface area contributed by atoms with Crippen LogP contribution in [0.25, 0.3) is 11.1 Å². The van der Waals surface area contributed by atoms with Crippen molar-refractivity contribution < 1.29 is 33.7 Å². The van der Waals surface area contributed by atoms with Crippen molar-refractivity contribution in [3.05, 3.63) is 59.7 Å².